The van der Waals surface area contributed by atoms with Gasteiger partial charge in [0.15, 0.2) is 0 Å². The van der Waals surface area contributed by atoms with Gasteiger partial charge in [0.1, 0.15) is 10.9 Å². The van der Waals surface area contributed by atoms with Crippen LogP contribution in [0.15, 0.2) is 59.8 Å². The van der Waals surface area contributed by atoms with Crippen LogP contribution in [0.3, 0.4) is 0 Å². The van der Waals surface area contributed by atoms with Gasteiger partial charge in [-0.25, -0.2) is 4.57 Å². The molecule has 29 heavy (non-hydrogen) atoms. The van der Waals surface area contributed by atoms with E-state index in [0.717, 1.165) is 5.56 Å². The number of fused-ring (bicyclic) bond motifs is 2. The second-order valence-electron chi connectivity index (χ2n) is 7.03. The molecule has 4 rings (SSSR count). The number of hydrogen-bond acceptors (Lipinski definition) is 5. The van der Waals surface area contributed by atoms with Gasteiger partial charge >= 0.3 is 0 Å². The maximum Gasteiger partial charge on any atom is 0.278 e. The Bertz CT molecular complexity index is 1280. The van der Waals surface area contributed by atoms with Gasteiger partial charge in [-0.3, -0.25) is 19.0 Å². The summed E-state index contributed by atoms with van der Waals surface area (Å²) in [5.74, 6) is -0.0939. The summed E-state index contributed by atoms with van der Waals surface area (Å²) in [5, 5.41) is 3.18. The SMILES string of the molecule is CC(C)[n+]1c(N)c(C(=O)NCc2cccnc2)cc2c(=O)n3ccccc3nc21. The molecule has 0 saturated heterocycles. The smallest absolute Gasteiger partial charge is 0.278 e. The molecule has 0 saturated carbocycles. The fourth-order valence-electron chi connectivity index (χ4n) is 3.35. The van der Waals surface area contributed by atoms with E-state index in [1.807, 2.05) is 26.0 Å². The Labute approximate surface area is 166 Å². The molecule has 0 aliphatic carbocycles. The Morgan fingerprint density at radius 3 is 2.83 bits per heavy atom. The number of carbonyl (C=O) groups is 1. The lowest BCUT2D eigenvalue weighted by atomic mass is 10.1. The molecule has 4 aromatic heterocycles. The molecule has 0 fully saturated rings. The summed E-state index contributed by atoms with van der Waals surface area (Å²) >= 11 is 0. The fourth-order valence-corrected chi connectivity index (χ4v) is 3.35. The third-order valence-corrected chi connectivity index (χ3v) is 4.74. The van der Waals surface area contributed by atoms with Crippen molar-refractivity contribution < 1.29 is 9.36 Å². The van der Waals surface area contributed by atoms with E-state index >= 15 is 0 Å². The van der Waals surface area contributed by atoms with Gasteiger partial charge in [0.05, 0.1) is 6.04 Å². The van der Waals surface area contributed by atoms with Gasteiger partial charge in [0.2, 0.25) is 11.5 Å². The van der Waals surface area contributed by atoms with Crippen molar-refractivity contribution in [2.45, 2.75) is 26.4 Å². The molecule has 1 amide bonds. The number of carbonyl (C=O) groups excluding carboxylic acids is 1. The molecule has 0 unspecified atom stereocenters. The van der Waals surface area contributed by atoms with E-state index < -0.39 is 0 Å². The molecule has 3 N–H and O–H groups in total. The van der Waals surface area contributed by atoms with E-state index in [4.69, 9.17) is 5.73 Å². The van der Waals surface area contributed by atoms with Gasteiger partial charge in [0, 0.05) is 25.1 Å². The van der Waals surface area contributed by atoms with Crippen molar-refractivity contribution >= 4 is 28.4 Å². The first-order valence-electron chi connectivity index (χ1n) is 9.29. The van der Waals surface area contributed by atoms with E-state index in [1.54, 1.807) is 41.4 Å². The van der Waals surface area contributed by atoms with Crippen LogP contribution in [0.1, 0.15) is 35.8 Å². The van der Waals surface area contributed by atoms with Gasteiger partial charge in [-0.15, -0.1) is 0 Å². The molecule has 0 spiro atoms. The van der Waals surface area contributed by atoms with E-state index in [2.05, 4.69) is 15.3 Å². The second-order valence-corrected chi connectivity index (χ2v) is 7.03. The van der Waals surface area contributed by atoms with E-state index in [-0.39, 0.29) is 28.9 Å². The summed E-state index contributed by atoms with van der Waals surface area (Å²) in [7, 11) is 0. The van der Waals surface area contributed by atoms with Crippen molar-refractivity contribution in [3.8, 4) is 0 Å². The van der Waals surface area contributed by atoms with Gasteiger partial charge in [-0.2, -0.15) is 0 Å². The van der Waals surface area contributed by atoms with Crippen LogP contribution in [0.4, 0.5) is 5.82 Å². The third kappa shape index (κ3) is 3.29. The molecule has 0 bridgehead atoms. The molecule has 0 aliphatic rings. The summed E-state index contributed by atoms with van der Waals surface area (Å²) in [5.41, 5.74) is 8.19. The first kappa shape index (κ1) is 18.5. The summed E-state index contributed by atoms with van der Waals surface area (Å²) in [6.45, 7) is 4.17. The molecule has 8 heteroatoms. The van der Waals surface area contributed by atoms with E-state index in [9.17, 15) is 9.59 Å². The molecule has 8 nitrogen and oxygen atoms in total. The van der Waals surface area contributed by atoms with Crippen LogP contribution in [0.2, 0.25) is 0 Å². The number of nitrogen functional groups attached to an aromatic ring is 1. The maximum absolute atomic E-state index is 13.1. The number of nitrogens with zero attached hydrogens (tertiary/aromatic N) is 4. The highest BCUT2D eigenvalue weighted by molar-refractivity contribution is 6.00. The van der Waals surface area contributed by atoms with Crippen LogP contribution in [-0.4, -0.2) is 20.3 Å². The van der Waals surface area contributed by atoms with Crippen LogP contribution in [0.25, 0.3) is 16.7 Å². The van der Waals surface area contributed by atoms with E-state index in [1.165, 1.54) is 10.5 Å². The minimum absolute atomic E-state index is 0.0957. The molecule has 0 radical (unpaired) electrons. The highest BCUT2D eigenvalue weighted by atomic mass is 16.1. The van der Waals surface area contributed by atoms with Crippen LogP contribution in [0.5, 0.6) is 0 Å². The molecule has 4 aromatic rings. The Kier molecular flexibility index (Phi) is 4.67. The topological polar surface area (TPSA) is 106 Å². The summed E-state index contributed by atoms with van der Waals surface area (Å²) in [4.78, 5) is 34.6. The maximum atomic E-state index is 13.1. The zero-order valence-electron chi connectivity index (χ0n) is 16.2. The lowest BCUT2D eigenvalue weighted by Gasteiger charge is -2.14. The van der Waals surface area contributed by atoms with Crippen molar-refractivity contribution in [2.24, 2.45) is 0 Å². The zero-order chi connectivity index (χ0) is 20.5. The highest BCUT2D eigenvalue weighted by Gasteiger charge is 2.25. The third-order valence-electron chi connectivity index (χ3n) is 4.74. The number of anilines is 1. The molecular formula is C21H21N6O2+. The van der Waals surface area contributed by atoms with Crippen LogP contribution < -0.4 is 21.2 Å². The number of pyridine rings is 3. The quantitative estimate of drug-likeness (QED) is 0.408. The number of hydrogen-bond donors (Lipinski definition) is 2. The Morgan fingerprint density at radius 1 is 1.28 bits per heavy atom. The lowest BCUT2D eigenvalue weighted by Crippen LogP contribution is -2.44. The van der Waals surface area contributed by atoms with Gasteiger partial charge in [-0.05, 0) is 43.7 Å². The average Bonchev–Trinajstić information content (AvgIpc) is 2.72. The average molecular weight is 389 g/mol. The number of amides is 1. The Morgan fingerprint density at radius 2 is 2.10 bits per heavy atom. The highest BCUT2D eigenvalue weighted by Crippen LogP contribution is 2.17. The predicted molar refractivity (Wildman–Crippen MR) is 109 cm³/mol. The normalized spacial score (nSPS) is 11.3. The second kappa shape index (κ2) is 7.31. The zero-order valence-corrected chi connectivity index (χ0v) is 16.2. The minimum atomic E-state index is -0.361. The summed E-state index contributed by atoms with van der Waals surface area (Å²) in [6.07, 6.45) is 5.01. The van der Waals surface area contributed by atoms with Crippen molar-refractivity contribution in [1.82, 2.24) is 19.7 Å². The van der Waals surface area contributed by atoms with Crippen molar-refractivity contribution in [2.75, 3.05) is 5.73 Å². The standard InChI is InChI=1S/C21H20N6O2/c1-13(2)27-18(22)15(20(28)24-12-14-6-5-8-23-11-14)10-16-19(27)25-17-7-3-4-9-26(17)21(16)29/h3-11,13,22H,12H2,1-2H3,(H,24,28)/p+1. The summed E-state index contributed by atoms with van der Waals surface area (Å²) < 4.78 is 3.18. The fraction of sp³-hybridized carbons (Fsp3) is 0.190. The van der Waals surface area contributed by atoms with E-state index in [0.29, 0.717) is 23.2 Å². The van der Waals surface area contributed by atoms with Gasteiger partial charge in [0.25, 0.3) is 17.1 Å². The molecular weight excluding hydrogens is 368 g/mol. The van der Waals surface area contributed by atoms with Crippen LogP contribution in [0, 0.1) is 0 Å². The van der Waals surface area contributed by atoms with Gasteiger partial charge < -0.3 is 11.1 Å². The monoisotopic (exact) mass is 389 g/mol. The number of rotatable bonds is 4. The number of nitrogens with one attached hydrogen (secondary N) is 1. The van der Waals surface area contributed by atoms with Crippen molar-refractivity contribution in [1.29, 1.82) is 0 Å². The first-order chi connectivity index (χ1) is 14.0. The van der Waals surface area contributed by atoms with Crippen molar-refractivity contribution in [3.05, 3.63) is 76.5 Å². The molecule has 0 aliphatic heterocycles. The number of nitrogens with two attached hydrogens (primary N) is 1. The largest absolute Gasteiger partial charge is 0.348 e. The van der Waals surface area contributed by atoms with Crippen LogP contribution >= 0.6 is 0 Å². The number of aromatic nitrogens is 4. The molecule has 0 aromatic carbocycles. The minimum Gasteiger partial charge on any atom is -0.348 e. The molecule has 4 heterocycles. The van der Waals surface area contributed by atoms with Crippen LogP contribution in [-0.2, 0) is 6.54 Å². The Balaban J connectivity index is 1.87. The first-order valence-corrected chi connectivity index (χ1v) is 9.29. The predicted octanol–water partition coefficient (Wildman–Crippen LogP) is 1.62. The van der Waals surface area contributed by atoms with Gasteiger partial charge in [-0.1, -0.05) is 17.1 Å². The molecule has 146 valence electrons. The lowest BCUT2D eigenvalue weighted by molar-refractivity contribution is -0.679. The molecule has 0 atom stereocenters. The van der Waals surface area contributed by atoms with Crippen molar-refractivity contribution in [3.63, 3.8) is 0 Å². The Hall–Kier alpha value is -3.81. The summed E-state index contributed by atoms with van der Waals surface area (Å²) in [6, 6.07) is 10.4.